The van der Waals surface area contributed by atoms with E-state index in [2.05, 4.69) is 68.5 Å². The highest BCUT2D eigenvalue weighted by Gasteiger charge is 2.28. The first-order valence-electron chi connectivity index (χ1n) is 10.5. The number of benzene rings is 3. The van der Waals surface area contributed by atoms with E-state index in [0.717, 1.165) is 23.1 Å². The van der Waals surface area contributed by atoms with Gasteiger partial charge in [-0.2, -0.15) is 0 Å². The lowest BCUT2D eigenvalue weighted by Crippen LogP contribution is -2.21. The first-order valence-corrected chi connectivity index (χ1v) is 10.5. The normalized spacial score (nSPS) is 14.9. The van der Waals surface area contributed by atoms with Gasteiger partial charge in [0.25, 0.3) is 0 Å². The zero-order chi connectivity index (χ0) is 22.0. The summed E-state index contributed by atoms with van der Waals surface area (Å²) in [5, 5.41) is 9.06. The molecule has 0 radical (unpaired) electrons. The molecule has 0 amide bonds. The predicted molar refractivity (Wildman–Crippen MR) is 128 cm³/mol. The van der Waals surface area contributed by atoms with Crippen molar-refractivity contribution in [2.45, 2.75) is 32.2 Å². The second kappa shape index (κ2) is 8.37. The van der Waals surface area contributed by atoms with Crippen molar-refractivity contribution in [2.24, 2.45) is 5.73 Å². The Morgan fingerprint density at radius 1 is 0.968 bits per heavy atom. The molecule has 0 aliphatic heterocycles. The number of carboxylic acids is 1. The molecule has 31 heavy (non-hydrogen) atoms. The Hall–Kier alpha value is -3.43. The van der Waals surface area contributed by atoms with Gasteiger partial charge in [-0.3, -0.25) is 0 Å². The van der Waals surface area contributed by atoms with Crippen molar-refractivity contribution in [1.82, 2.24) is 0 Å². The molecule has 0 bridgehead atoms. The summed E-state index contributed by atoms with van der Waals surface area (Å²) in [5.74, 6) is -0.911. The van der Waals surface area contributed by atoms with Gasteiger partial charge in [0.15, 0.2) is 0 Å². The number of hydrogen-bond acceptors (Lipinski definition) is 2. The Bertz CT molecular complexity index is 1170. The van der Waals surface area contributed by atoms with E-state index >= 15 is 0 Å². The highest BCUT2D eigenvalue weighted by molar-refractivity contribution is 5.88. The smallest absolute Gasteiger partial charge is 0.335 e. The Balaban J connectivity index is 1.68. The maximum atomic E-state index is 11.0. The molecule has 3 nitrogen and oxygen atoms in total. The second-order valence-corrected chi connectivity index (χ2v) is 8.67. The summed E-state index contributed by atoms with van der Waals surface area (Å²) in [5.41, 5.74) is 14.5. The second-order valence-electron chi connectivity index (χ2n) is 8.67. The van der Waals surface area contributed by atoms with Crippen LogP contribution in [0.25, 0.3) is 17.7 Å². The lowest BCUT2D eigenvalue weighted by molar-refractivity contribution is 0.0697. The summed E-state index contributed by atoms with van der Waals surface area (Å²) in [6, 6.07) is 22.1. The van der Waals surface area contributed by atoms with E-state index in [0.29, 0.717) is 12.1 Å². The molecule has 0 saturated carbocycles. The van der Waals surface area contributed by atoms with E-state index in [4.69, 9.17) is 10.8 Å². The van der Waals surface area contributed by atoms with E-state index in [9.17, 15) is 4.79 Å². The van der Waals surface area contributed by atoms with Crippen LogP contribution >= 0.6 is 0 Å². The maximum Gasteiger partial charge on any atom is 0.335 e. The maximum absolute atomic E-state index is 11.0. The average Bonchev–Trinajstić information content (AvgIpc) is 2.78. The fraction of sp³-hybridized carbons (Fsp3) is 0.179. The average molecular weight is 410 g/mol. The molecule has 0 unspecified atom stereocenters. The summed E-state index contributed by atoms with van der Waals surface area (Å²) in [6.45, 7) is 5.12. The number of allylic oxidation sites excluding steroid dienone is 1. The van der Waals surface area contributed by atoms with Crippen LogP contribution in [0.4, 0.5) is 0 Å². The number of carboxylic acid groups (broad SMARTS) is 1. The zero-order valence-electron chi connectivity index (χ0n) is 17.9. The SMILES string of the molecule is CC1(C)CC=C(c2ccc(CN)cc2)c2cc(C=Cc3ccc(C(=O)O)cc3)ccc21. The summed E-state index contributed by atoms with van der Waals surface area (Å²) in [7, 11) is 0. The third kappa shape index (κ3) is 4.37. The van der Waals surface area contributed by atoms with Crippen molar-refractivity contribution >= 4 is 23.7 Å². The molecule has 0 saturated heterocycles. The molecular weight excluding hydrogens is 382 g/mol. The molecule has 3 aromatic rings. The molecule has 3 N–H and O–H groups in total. The topological polar surface area (TPSA) is 63.3 Å². The van der Waals surface area contributed by atoms with Crippen molar-refractivity contribution in [3.05, 3.63) is 112 Å². The lowest BCUT2D eigenvalue weighted by atomic mass is 9.72. The van der Waals surface area contributed by atoms with Gasteiger partial charge in [0.1, 0.15) is 0 Å². The third-order valence-corrected chi connectivity index (χ3v) is 6.01. The summed E-state index contributed by atoms with van der Waals surface area (Å²) in [4.78, 5) is 11.0. The standard InChI is InChI=1S/C28H27NO2/c1-28(2)16-15-24(22-10-7-21(18-29)8-11-22)25-17-20(9-14-26(25)28)4-3-19-5-12-23(13-6-19)27(30)31/h3-15,17H,16,18,29H2,1-2H3,(H,30,31). The molecule has 1 aliphatic carbocycles. The van der Waals surface area contributed by atoms with Crippen LogP contribution < -0.4 is 5.73 Å². The molecule has 0 atom stereocenters. The minimum absolute atomic E-state index is 0.0882. The number of rotatable bonds is 5. The van der Waals surface area contributed by atoms with Crippen molar-refractivity contribution in [3.63, 3.8) is 0 Å². The molecule has 0 spiro atoms. The molecule has 3 aromatic carbocycles. The minimum atomic E-state index is -0.911. The van der Waals surface area contributed by atoms with Crippen LogP contribution in [0.2, 0.25) is 0 Å². The van der Waals surface area contributed by atoms with Crippen molar-refractivity contribution in [3.8, 4) is 0 Å². The van der Waals surface area contributed by atoms with Crippen molar-refractivity contribution in [1.29, 1.82) is 0 Å². The quantitative estimate of drug-likeness (QED) is 0.499. The van der Waals surface area contributed by atoms with E-state index < -0.39 is 5.97 Å². The molecule has 3 heteroatoms. The highest BCUT2D eigenvalue weighted by Crippen LogP contribution is 2.41. The number of carbonyl (C=O) groups is 1. The van der Waals surface area contributed by atoms with Gasteiger partial charge in [-0.25, -0.2) is 4.79 Å². The van der Waals surface area contributed by atoms with Gasteiger partial charge in [-0.1, -0.05) is 80.6 Å². The van der Waals surface area contributed by atoms with E-state index in [-0.39, 0.29) is 5.41 Å². The van der Waals surface area contributed by atoms with Crippen LogP contribution in [0.3, 0.4) is 0 Å². The van der Waals surface area contributed by atoms with Gasteiger partial charge in [-0.15, -0.1) is 0 Å². The lowest BCUT2D eigenvalue weighted by Gasteiger charge is -2.32. The fourth-order valence-electron chi connectivity index (χ4n) is 4.08. The van der Waals surface area contributed by atoms with Crippen LogP contribution in [0, 0.1) is 0 Å². The predicted octanol–water partition coefficient (Wildman–Crippen LogP) is 6.13. The molecule has 156 valence electrons. The van der Waals surface area contributed by atoms with Gasteiger partial charge in [0, 0.05) is 6.54 Å². The van der Waals surface area contributed by atoms with Gasteiger partial charge < -0.3 is 10.8 Å². The number of aromatic carboxylic acids is 1. The van der Waals surface area contributed by atoms with Crippen LogP contribution in [0.1, 0.15) is 64.0 Å². The number of nitrogens with two attached hydrogens (primary N) is 1. The fourth-order valence-corrected chi connectivity index (χ4v) is 4.08. The van der Waals surface area contributed by atoms with E-state index in [1.54, 1.807) is 12.1 Å². The van der Waals surface area contributed by atoms with E-state index in [1.165, 1.54) is 22.3 Å². The molecule has 0 heterocycles. The monoisotopic (exact) mass is 409 g/mol. The summed E-state index contributed by atoms with van der Waals surface area (Å²) >= 11 is 0. The zero-order valence-corrected chi connectivity index (χ0v) is 17.9. The van der Waals surface area contributed by atoms with Crippen LogP contribution in [-0.4, -0.2) is 11.1 Å². The Labute approximate surface area is 183 Å². The van der Waals surface area contributed by atoms with Crippen LogP contribution in [0.15, 0.2) is 72.8 Å². The Morgan fingerprint density at radius 2 is 1.61 bits per heavy atom. The van der Waals surface area contributed by atoms with Gasteiger partial charge in [-0.05, 0) is 69.0 Å². The molecule has 0 aromatic heterocycles. The van der Waals surface area contributed by atoms with Crippen LogP contribution in [0.5, 0.6) is 0 Å². The van der Waals surface area contributed by atoms with E-state index in [1.807, 2.05) is 18.2 Å². The Morgan fingerprint density at radius 3 is 2.26 bits per heavy atom. The minimum Gasteiger partial charge on any atom is -0.478 e. The summed E-state index contributed by atoms with van der Waals surface area (Å²) in [6.07, 6.45) is 7.44. The van der Waals surface area contributed by atoms with Crippen molar-refractivity contribution < 1.29 is 9.90 Å². The van der Waals surface area contributed by atoms with Crippen LogP contribution in [-0.2, 0) is 12.0 Å². The molecule has 1 aliphatic rings. The van der Waals surface area contributed by atoms with Gasteiger partial charge in [0.05, 0.1) is 5.56 Å². The first-order chi connectivity index (χ1) is 14.9. The third-order valence-electron chi connectivity index (χ3n) is 6.01. The largest absolute Gasteiger partial charge is 0.478 e. The molecular formula is C28H27NO2. The summed E-state index contributed by atoms with van der Waals surface area (Å²) < 4.78 is 0. The number of fused-ring (bicyclic) bond motifs is 1. The number of hydrogen-bond donors (Lipinski definition) is 2. The highest BCUT2D eigenvalue weighted by atomic mass is 16.4. The molecule has 0 fully saturated rings. The molecule has 4 rings (SSSR count). The first kappa shape index (κ1) is 20.8. The van der Waals surface area contributed by atoms with Gasteiger partial charge >= 0.3 is 5.97 Å². The van der Waals surface area contributed by atoms with Gasteiger partial charge in [0.2, 0.25) is 0 Å². The van der Waals surface area contributed by atoms with Crippen molar-refractivity contribution in [2.75, 3.05) is 0 Å². The Kier molecular flexibility index (Phi) is 5.62.